The Morgan fingerprint density at radius 3 is 2.67 bits per heavy atom. The number of likely N-dealkylation sites (N-methyl/N-ethyl adjacent to an activating group) is 1. The highest BCUT2D eigenvalue weighted by Gasteiger charge is 2.09. The molecule has 0 amide bonds. The van der Waals surface area contributed by atoms with Gasteiger partial charge in [-0.2, -0.15) is 0 Å². The SMILES string of the molecule is COc1cc(CNCC(C)N(C)C)cc(Br)c1O. The van der Waals surface area contributed by atoms with Crippen molar-refractivity contribution in [2.75, 3.05) is 27.7 Å². The Bertz CT molecular complexity index is 397. The monoisotopic (exact) mass is 316 g/mol. The summed E-state index contributed by atoms with van der Waals surface area (Å²) in [6.45, 7) is 3.82. The fraction of sp³-hybridized carbons (Fsp3) is 0.538. The number of phenolic OH excluding ortho intramolecular Hbond substituents is 1. The van der Waals surface area contributed by atoms with Gasteiger partial charge in [0, 0.05) is 19.1 Å². The number of aromatic hydroxyl groups is 1. The van der Waals surface area contributed by atoms with Crippen LogP contribution in [0.2, 0.25) is 0 Å². The normalized spacial score (nSPS) is 12.8. The van der Waals surface area contributed by atoms with Crippen LogP contribution >= 0.6 is 15.9 Å². The van der Waals surface area contributed by atoms with Crippen LogP contribution in [0.4, 0.5) is 0 Å². The zero-order valence-corrected chi connectivity index (χ0v) is 12.9. The molecule has 0 saturated heterocycles. The average molecular weight is 317 g/mol. The third-order valence-electron chi connectivity index (χ3n) is 2.96. The first-order chi connectivity index (χ1) is 8.45. The van der Waals surface area contributed by atoms with Crippen LogP contribution in [-0.4, -0.2) is 43.8 Å². The minimum atomic E-state index is 0.142. The molecule has 0 fully saturated rings. The van der Waals surface area contributed by atoms with Crippen molar-refractivity contribution >= 4 is 15.9 Å². The second kappa shape index (κ2) is 6.97. The van der Waals surface area contributed by atoms with Crippen LogP contribution in [0.5, 0.6) is 11.5 Å². The second-order valence-electron chi connectivity index (χ2n) is 4.57. The standard InChI is InChI=1S/C13H21BrN2O2/c1-9(16(2)3)7-15-8-10-5-11(14)13(17)12(6-10)18-4/h5-6,9,15,17H,7-8H2,1-4H3. The minimum absolute atomic E-state index is 0.142. The lowest BCUT2D eigenvalue weighted by Crippen LogP contribution is -2.35. The quantitative estimate of drug-likeness (QED) is 0.844. The Hall–Kier alpha value is -0.780. The van der Waals surface area contributed by atoms with E-state index in [0.717, 1.165) is 18.7 Å². The maximum absolute atomic E-state index is 9.71. The Kier molecular flexibility index (Phi) is 5.91. The fourth-order valence-corrected chi connectivity index (χ4v) is 1.98. The second-order valence-corrected chi connectivity index (χ2v) is 5.43. The molecule has 0 aliphatic carbocycles. The number of nitrogens with one attached hydrogen (secondary N) is 1. The molecule has 0 aromatic heterocycles. The van der Waals surface area contributed by atoms with Gasteiger partial charge in [-0.25, -0.2) is 0 Å². The molecule has 1 rings (SSSR count). The van der Waals surface area contributed by atoms with E-state index in [2.05, 4.69) is 47.2 Å². The molecule has 0 spiro atoms. The molecule has 0 saturated carbocycles. The largest absolute Gasteiger partial charge is 0.503 e. The molecular formula is C13H21BrN2O2. The van der Waals surface area contributed by atoms with Crippen molar-refractivity contribution in [3.05, 3.63) is 22.2 Å². The van der Waals surface area contributed by atoms with E-state index in [9.17, 15) is 5.11 Å². The Balaban J connectivity index is 2.60. The fourth-order valence-electron chi connectivity index (χ4n) is 1.49. The highest BCUT2D eigenvalue weighted by molar-refractivity contribution is 9.10. The molecule has 1 aromatic carbocycles. The van der Waals surface area contributed by atoms with Crippen molar-refractivity contribution < 1.29 is 9.84 Å². The highest BCUT2D eigenvalue weighted by Crippen LogP contribution is 2.35. The van der Waals surface area contributed by atoms with Gasteiger partial charge in [0.15, 0.2) is 11.5 Å². The van der Waals surface area contributed by atoms with Gasteiger partial charge in [-0.3, -0.25) is 0 Å². The molecule has 0 heterocycles. The summed E-state index contributed by atoms with van der Waals surface area (Å²) in [5, 5.41) is 13.1. The van der Waals surface area contributed by atoms with Crippen LogP contribution in [0, 0.1) is 0 Å². The van der Waals surface area contributed by atoms with Crippen LogP contribution < -0.4 is 10.1 Å². The third-order valence-corrected chi connectivity index (χ3v) is 3.56. The molecule has 0 aliphatic heterocycles. The first kappa shape index (κ1) is 15.3. The predicted molar refractivity (Wildman–Crippen MR) is 77.2 cm³/mol. The molecule has 102 valence electrons. The lowest BCUT2D eigenvalue weighted by Gasteiger charge is -2.20. The van der Waals surface area contributed by atoms with E-state index in [-0.39, 0.29) is 5.75 Å². The van der Waals surface area contributed by atoms with Gasteiger partial charge in [0.05, 0.1) is 11.6 Å². The topological polar surface area (TPSA) is 44.7 Å². The molecule has 0 bridgehead atoms. The van der Waals surface area contributed by atoms with Gasteiger partial charge in [0.2, 0.25) is 0 Å². The van der Waals surface area contributed by atoms with E-state index in [1.807, 2.05) is 12.1 Å². The number of methoxy groups -OCH3 is 1. The van der Waals surface area contributed by atoms with Crippen molar-refractivity contribution in [2.24, 2.45) is 0 Å². The van der Waals surface area contributed by atoms with E-state index in [1.54, 1.807) is 7.11 Å². The number of hydrogen-bond acceptors (Lipinski definition) is 4. The first-order valence-electron chi connectivity index (χ1n) is 5.88. The lowest BCUT2D eigenvalue weighted by atomic mass is 10.2. The van der Waals surface area contributed by atoms with Gasteiger partial charge in [-0.15, -0.1) is 0 Å². The molecule has 5 heteroatoms. The average Bonchev–Trinajstić information content (AvgIpc) is 2.33. The maximum Gasteiger partial charge on any atom is 0.172 e. The van der Waals surface area contributed by atoms with Crippen molar-refractivity contribution in [3.63, 3.8) is 0 Å². The summed E-state index contributed by atoms with van der Waals surface area (Å²) in [4.78, 5) is 2.17. The summed E-state index contributed by atoms with van der Waals surface area (Å²) >= 11 is 3.32. The summed E-state index contributed by atoms with van der Waals surface area (Å²) < 4.78 is 5.77. The smallest absolute Gasteiger partial charge is 0.172 e. The summed E-state index contributed by atoms with van der Waals surface area (Å²) in [5.41, 5.74) is 1.07. The van der Waals surface area contributed by atoms with E-state index in [1.165, 1.54) is 0 Å². The van der Waals surface area contributed by atoms with Gasteiger partial charge in [0.1, 0.15) is 0 Å². The molecule has 1 aromatic rings. The molecule has 4 nitrogen and oxygen atoms in total. The molecule has 0 aliphatic rings. The Labute approximate surface area is 117 Å². The minimum Gasteiger partial charge on any atom is -0.503 e. The van der Waals surface area contributed by atoms with Crippen molar-refractivity contribution in [3.8, 4) is 11.5 Å². The summed E-state index contributed by atoms with van der Waals surface area (Å²) in [5.74, 6) is 0.629. The van der Waals surface area contributed by atoms with Crippen LogP contribution in [0.3, 0.4) is 0 Å². The summed E-state index contributed by atoms with van der Waals surface area (Å²) in [6, 6.07) is 4.21. The van der Waals surface area contributed by atoms with Crippen LogP contribution in [-0.2, 0) is 6.54 Å². The van der Waals surface area contributed by atoms with Gasteiger partial charge in [-0.1, -0.05) is 0 Å². The van der Waals surface area contributed by atoms with Gasteiger partial charge in [0.25, 0.3) is 0 Å². The zero-order chi connectivity index (χ0) is 13.7. The van der Waals surface area contributed by atoms with Crippen molar-refractivity contribution in [2.45, 2.75) is 19.5 Å². The molecule has 2 N–H and O–H groups in total. The Morgan fingerprint density at radius 2 is 2.11 bits per heavy atom. The third kappa shape index (κ3) is 4.15. The van der Waals surface area contributed by atoms with E-state index >= 15 is 0 Å². The van der Waals surface area contributed by atoms with E-state index in [4.69, 9.17) is 4.74 Å². The van der Waals surface area contributed by atoms with E-state index in [0.29, 0.717) is 16.3 Å². The molecule has 1 atom stereocenters. The predicted octanol–water partition coefficient (Wildman–Crippen LogP) is 2.20. The van der Waals surface area contributed by atoms with Crippen molar-refractivity contribution in [1.82, 2.24) is 10.2 Å². The van der Waals surface area contributed by atoms with Gasteiger partial charge >= 0.3 is 0 Å². The number of halogens is 1. The number of benzene rings is 1. The maximum atomic E-state index is 9.71. The molecular weight excluding hydrogens is 296 g/mol. The molecule has 18 heavy (non-hydrogen) atoms. The summed E-state index contributed by atoms with van der Waals surface area (Å²) in [6.07, 6.45) is 0. The number of ether oxygens (including phenoxy) is 1. The zero-order valence-electron chi connectivity index (χ0n) is 11.3. The van der Waals surface area contributed by atoms with Gasteiger partial charge < -0.3 is 20.1 Å². The number of rotatable bonds is 6. The summed E-state index contributed by atoms with van der Waals surface area (Å²) in [7, 11) is 5.67. The lowest BCUT2D eigenvalue weighted by molar-refractivity contribution is 0.302. The Morgan fingerprint density at radius 1 is 1.44 bits per heavy atom. The number of hydrogen-bond donors (Lipinski definition) is 2. The number of phenols is 1. The molecule has 0 radical (unpaired) electrons. The van der Waals surface area contributed by atoms with Crippen LogP contribution in [0.25, 0.3) is 0 Å². The van der Waals surface area contributed by atoms with Gasteiger partial charge in [-0.05, 0) is 54.6 Å². The van der Waals surface area contributed by atoms with E-state index < -0.39 is 0 Å². The van der Waals surface area contributed by atoms with Crippen LogP contribution in [0.1, 0.15) is 12.5 Å². The highest BCUT2D eigenvalue weighted by atomic mass is 79.9. The number of nitrogens with zero attached hydrogens (tertiary/aromatic N) is 1. The molecule has 1 unspecified atom stereocenters. The first-order valence-corrected chi connectivity index (χ1v) is 6.67. The van der Waals surface area contributed by atoms with Crippen LogP contribution in [0.15, 0.2) is 16.6 Å². The van der Waals surface area contributed by atoms with Crippen molar-refractivity contribution in [1.29, 1.82) is 0 Å².